The summed E-state index contributed by atoms with van der Waals surface area (Å²) in [7, 11) is 0. The minimum Gasteiger partial charge on any atom is -0.397 e. The van der Waals surface area contributed by atoms with Crippen molar-refractivity contribution in [2.45, 2.75) is 4.90 Å². The van der Waals surface area contributed by atoms with Gasteiger partial charge in [0.1, 0.15) is 0 Å². The van der Waals surface area contributed by atoms with Gasteiger partial charge in [-0.25, -0.2) is 0 Å². The van der Waals surface area contributed by atoms with Crippen LogP contribution in [0.5, 0.6) is 0 Å². The van der Waals surface area contributed by atoms with Crippen molar-refractivity contribution in [2.24, 2.45) is 0 Å². The van der Waals surface area contributed by atoms with Gasteiger partial charge in [-0.2, -0.15) is 0 Å². The van der Waals surface area contributed by atoms with E-state index >= 15 is 0 Å². The van der Waals surface area contributed by atoms with Crippen LogP contribution in [0.1, 0.15) is 10.4 Å². The second-order valence-electron chi connectivity index (χ2n) is 3.65. The van der Waals surface area contributed by atoms with E-state index in [9.17, 15) is 4.79 Å². The maximum Gasteiger partial charge on any atom is 0.257 e. The molecule has 0 saturated carbocycles. The van der Waals surface area contributed by atoms with Crippen LogP contribution in [0, 0.1) is 0 Å². The molecule has 0 aliphatic carbocycles. The molecule has 0 bridgehead atoms. The van der Waals surface area contributed by atoms with Crippen LogP contribution in [0.2, 0.25) is 0 Å². The molecule has 92 valence electrons. The molecule has 1 aromatic heterocycles. The number of nitrogens with zero attached hydrogens (tertiary/aromatic N) is 1. The van der Waals surface area contributed by atoms with E-state index in [0.717, 1.165) is 10.6 Å². The Bertz CT molecular complexity index is 572. The number of benzene rings is 1. The monoisotopic (exact) mass is 259 g/mol. The van der Waals surface area contributed by atoms with E-state index in [0.29, 0.717) is 11.3 Å². The number of hydrogen-bond donors (Lipinski definition) is 2. The van der Waals surface area contributed by atoms with Crippen molar-refractivity contribution in [1.82, 2.24) is 4.98 Å². The molecule has 0 unspecified atom stereocenters. The Hall–Kier alpha value is -2.01. The molecule has 2 rings (SSSR count). The first-order valence-corrected chi connectivity index (χ1v) is 6.58. The highest BCUT2D eigenvalue weighted by Crippen LogP contribution is 2.20. The molecule has 0 atom stereocenters. The standard InChI is InChI=1S/C13H13N3OS/c1-18-10-4-2-3-9(7-10)16-13(17)11-5-6-15-8-12(11)14/h2-8H,14H2,1H3,(H,16,17). The predicted molar refractivity (Wildman–Crippen MR) is 74.8 cm³/mol. The molecule has 5 heteroatoms. The molecule has 0 aliphatic heterocycles. The number of thioether (sulfide) groups is 1. The van der Waals surface area contributed by atoms with Crippen molar-refractivity contribution in [2.75, 3.05) is 17.3 Å². The summed E-state index contributed by atoms with van der Waals surface area (Å²) in [6, 6.07) is 9.25. The van der Waals surface area contributed by atoms with E-state index in [1.165, 1.54) is 6.20 Å². The Kier molecular flexibility index (Phi) is 3.84. The van der Waals surface area contributed by atoms with Crippen LogP contribution in [-0.2, 0) is 0 Å². The zero-order valence-electron chi connectivity index (χ0n) is 9.88. The third-order valence-corrected chi connectivity index (χ3v) is 3.15. The summed E-state index contributed by atoms with van der Waals surface area (Å²) < 4.78 is 0. The number of nitrogen functional groups attached to an aromatic ring is 1. The van der Waals surface area contributed by atoms with Gasteiger partial charge in [0, 0.05) is 16.8 Å². The summed E-state index contributed by atoms with van der Waals surface area (Å²) >= 11 is 1.62. The molecule has 4 nitrogen and oxygen atoms in total. The molecule has 0 aliphatic rings. The lowest BCUT2D eigenvalue weighted by Gasteiger charge is -2.07. The van der Waals surface area contributed by atoms with Crippen LogP contribution in [0.3, 0.4) is 0 Å². The Balaban J connectivity index is 2.19. The number of anilines is 2. The molecule has 1 amide bonds. The normalized spacial score (nSPS) is 10.1. The van der Waals surface area contributed by atoms with Gasteiger partial charge in [-0.15, -0.1) is 11.8 Å². The number of hydrogen-bond acceptors (Lipinski definition) is 4. The highest BCUT2D eigenvalue weighted by Gasteiger charge is 2.09. The van der Waals surface area contributed by atoms with Crippen LogP contribution in [0.15, 0.2) is 47.6 Å². The second kappa shape index (κ2) is 5.55. The van der Waals surface area contributed by atoms with E-state index < -0.39 is 0 Å². The summed E-state index contributed by atoms with van der Waals surface area (Å²) in [5.41, 5.74) is 7.26. The predicted octanol–water partition coefficient (Wildman–Crippen LogP) is 2.64. The molecule has 0 spiro atoms. The first-order valence-electron chi connectivity index (χ1n) is 5.35. The lowest BCUT2D eigenvalue weighted by atomic mass is 10.2. The molecular weight excluding hydrogens is 246 g/mol. The van der Waals surface area contributed by atoms with Crippen LogP contribution in [-0.4, -0.2) is 17.1 Å². The van der Waals surface area contributed by atoms with E-state index in [-0.39, 0.29) is 5.91 Å². The topological polar surface area (TPSA) is 68.0 Å². The number of carbonyl (C=O) groups is 1. The SMILES string of the molecule is CSc1cccc(NC(=O)c2ccncc2N)c1. The van der Waals surface area contributed by atoms with Crippen molar-refractivity contribution in [3.8, 4) is 0 Å². The summed E-state index contributed by atoms with van der Waals surface area (Å²) in [5, 5.41) is 2.81. The number of nitrogens with two attached hydrogens (primary N) is 1. The van der Waals surface area contributed by atoms with E-state index in [4.69, 9.17) is 5.73 Å². The van der Waals surface area contributed by atoms with Crippen LogP contribution in [0.4, 0.5) is 11.4 Å². The molecule has 1 heterocycles. The summed E-state index contributed by atoms with van der Waals surface area (Å²) in [4.78, 5) is 17.0. The number of rotatable bonds is 3. The Labute approximate surface area is 110 Å². The minimum atomic E-state index is -0.229. The van der Waals surface area contributed by atoms with Crippen molar-refractivity contribution in [3.63, 3.8) is 0 Å². The first-order chi connectivity index (χ1) is 8.70. The molecule has 0 fully saturated rings. The van der Waals surface area contributed by atoms with Crippen molar-refractivity contribution in [1.29, 1.82) is 0 Å². The highest BCUT2D eigenvalue weighted by molar-refractivity contribution is 7.98. The van der Waals surface area contributed by atoms with Gasteiger partial charge < -0.3 is 11.1 Å². The number of amides is 1. The Morgan fingerprint density at radius 1 is 1.39 bits per heavy atom. The van der Waals surface area contributed by atoms with Gasteiger partial charge >= 0.3 is 0 Å². The fourth-order valence-electron chi connectivity index (χ4n) is 1.51. The third-order valence-electron chi connectivity index (χ3n) is 2.42. The minimum absolute atomic E-state index is 0.229. The lowest BCUT2D eigenvalue weighted by Crippen LogP contribution is -2.14. The molecule has 1 aromatic carbocycles. The molecular formula is C13H13N3OS. The second-order valence-corrected chi connectivity index (χ2v) is 4.53. The number of carbonyl (C=O) groups excluding carboxylic acids is 1. The van der Waals surface area contributed by atoms with E-state index in [1.807, 2.05) is 30.5 Å². The van der Waals surface area contributed by atoms with Gasteiger partial charge in [0.25, 0.3) is 5.91 Å². The van der Waals surface area contributed by atoms with Crippen LogP contribution < -0.4 is 11.1 Å². The maximum atomic E-state index is 12.0. The van der Waals surface area contributed by atoms with Gasteiger partial charge in [0.15, 0.2) is 0 Å². The maximum absolute atomic E-state index is 12.0. The molecule has 2 aromatic rings. The Morgan fingerprint density at radius 2 is 2.22 bits per heavy atom. The first kappa shape index (κ1) is 12.4. The average Bonchev–Trinajstić information content (AvgIpc) is 2.39. The Morgan fingerprint density at radius 3 is 2.94 bits per heavy atom. The largest absolute Gasteiger partial charge is 0.397 e. The van der Waals surface area contributed by atoms with Crippen molar-refractivity contribution < 1.29 is 4.79 Å². The van der Waals surface area contributed by atoms with Crippen molar-refractivity contribution in [3.05, 3.63) is 48.3 Å². The fraction of sp³-hybridized carbons (Fsp3) is 0.0769. The summed E-state index contributed by atoms with van der Waals surface area (Å²) in [6.07, 6.45) is 5.00. The number of aromatic nitrogens is 1. The van der Waals surface area contributed by atoms with Gasteiger partial charge in [-0.1, -0.05) is 6.07 Å². The van der Waals surface area contributed by atoms with Crippen molar-refractivity contribution >= 4 is 29.0 Å². The summed E-state index contributed by atoms with van der Waals surface area (Å²) in [5.74, 6) is -0.229. The molecule has 3 N–H and O–H groups in total. The van der Waals surface area contributed by atoms with Crippen LogP contribution in [0.25, 0.3) is 0 Å². The molecule has 18 heavy (non-hydrogen) atoms. The van der Waals surface area contributed by atoms with Gasteiger partial charge in [-0.3, -0.25) is 9.78 Å². The fourth-order valence-corrected chi connectivity index (χ4v) is 1.97. The quantitative estimate of drug-likeness (QED) is 0.831. The number of pyridine rings is 1. The molecule has 0 saturated heterocycles. The summed E-state index contributed by atoms with van der Waals surface area (Å²) in [6.45, 7) is 0. The highest BCUT2D eigenvalue weighted by atomic mass is 32.2. The van der Waals surface area contributed by atoms with Gasteiger partial charge in [-0.05, 0) is 30.5 Å². The lowest BCUT2D eigenvalue weighted by molar-refractivity contribution is 0.102. The molecule has 0 radical (unpaired) electrons. The van der Waals surface area contributed by atoms with Gasteiger partial charge in [0.05, 0.1) is 17.4 Å². The van der Waals surface area contributed by atoms with Crippen LogP contribution >= 0.6 is 11.8 Å². The van der Waals surface area contributed by atoms with Gasteiger partial charge in [0.2, 0.25) is 0 Å². The average molecular weight is 259 g/mol. The third kappa shape index (κ3) is 2.81. The zero-order chi connectivity index (χ0) is 13.0. The van der Waals surface area contributed by atoms with E-state index in [2.05, 4.69) is 10.3 Å². The number of nitrogens with one attached hydrogen (secondary N) is 1. The van der Waals surface area contributed by atoms with E-state index in [1.54, 1.807) is 24.0 Å². The smallest absolute Gasteiger partial charge is 0.257 e. The zero-order valence-corrected chi connectivity index (χ0v) is 10.7.